The van der Waals surface area contributed by atoms with Crippen LogP contribution in [0.15, 0.2) is 23.1 Å². The van der Waals surface area contributed by atoms with Gasteiger partial charge in [-0.25, -0.2) is 8.42 Å². The standard InChI is InChI=1S/C11H12Cl2O4S/c1-7(17-8(2)14)5-9-6-10(12)3-4-11(9)18(13,15)16/h3-4,6-7H,5H2,1-2H3. The molecule has 0 aliphatic heterocycles. The van der Waals surface area contributed by atoms with E-state index in [9.17, 15) is 13.2 Å². The van der Waals surface area contributed by atoms with E-state index in [0.717, 1.165) is 0 Å². The summed E-state index contributed by atoms with van der Waals surface area (Å²) in [5.74, 6) is -0.431. The highest BCUT2D eigenvalue weighted by atomic mass is 35.7. The van der Waals surface area contributed by atoms with Crippen LogP contribution in [0.3, 0.4) is 0 Å². The lowest BCUT2D eigenvalue weighted by Crippen LogP contribution is -2.16. The van der Waals surface area contributed by atoms with E-state index in [1.54, 1.807) is 6.92 Å². The quantitative estimate of drug-likeness (QED) is 0.634. The summed E-state index contributed by atoms with van der Waals surface area (Å²) in [6.07, 6.45) is -0.236. The zero-order valence-corrected chi connectivity index (χ0v) is 12.1. The van der Waals surface area contributed by atoms with Crippen LogP contribution in [0.25, 0.3) is 0 Å². The van der Waals surface area contributed by atoms with E-state index in [0.29, 0.717) is 10.6 Å². The van der Waals surface area contributed by atoms with Gasteiger partial charge < -0.3 is 4.74 Å². The molecule has 1 aromatic carbocycles. The van der Waals surface area contributed by atoms with Gasteiger partial charge in [-0.2, -0.15) is 0 Å². The Kier molecular flexibility index (Phi) is 5.01. The second-order valence-corrected chi connectivity index (χ2v) is 6.78. The largest absolute Gasteiger partial charge is 0.463 e. The van der Waals surface area contributed by atoms with Gasteiger partial charge in [-0.3, -0.25) is 4.79 Å². The number of hydrogen-bond donors (Lipinski definition) is 0. The SMILES string of the molecule is CC(=O)OC(C)Cc1cc(Cl)ccc1S(=O)(=O)Cl. The van der Waals surface area contributed by atoms with Crippen molar-refractivity contribution in [3.8, 4) is 0 Å². The molecule has 0 aliphatic carbocycles. The van der Waals surface area contributed by atoms with Crippen LogP contribution in [0.4, 0.5) is 0 Å². The minimum absolute atomic E-state index is 0.0208. The van der Waals surface area contributed by atoms with Gasteiger partial charge in [0, 0.05) is 29.0 Å². The maximum absolute atomic E-state index is 11.4. The van der Waals surface area contributed by atoms with Crippen LogP contribution < -0.4 is 0 Å². The van der Waals surface area contributed by atoms with Crippen molar-refractivity contribution in [2.24, 2.45) is 0 Å². The van der Waals surface area contributed by atoms with E-state index < -0.39 is 21.1 Å². The average molecular weight is 311 g/mol. The van der Waals surface area contributed by atoms with Gasteiger partial charge in [-0.1, -0.05) is 11.6 Å². The molecule has 1 rings (SSSR count). The van der Waals surface area contributed by atoms with Gasteiger partial charge in [0.2, 0.25) is 0 Å². The Hall–Kier alpha value is -0.780. The molecule has 4 nitrogen and oxygen atoms in total. The van der Waals surface area contributed by atoms with Crippen molar-refractivity contribution in [3.63, 3.8) is 0 Å². The molecule has 18 heavy (non-hydrogen) atoms. The fraction of sp³-hybridized carbons (Fsp3) is 0.364. The van der Waals surface area contributed by atoms with Crippen LogP contribution >= 0.6 is 22.3 Å². The third-order valence-corrected chi connectivity index (χ3v) is 3.82. The number of halogens is 2. The Balaban J connectivity index is 3.07. The highest BCUT2D eigenvalue weighted by Crippen LogP contribution is 2.25. The predicted octanol–water partition coefficient (Wildman–Crippen LogP) is 2.76. The van der Waals surface area contributed by atoms with Gasteiger partial charge in [-0.15, -0.1) is 0 Å². The summed E-state index contributed by atoms with van der Waals surface area (Å²) in [6.45, 7) is 2.95. The lowest BCUT2D eigenvalue weighted by molar-refractivity contribution is -0.145. The average Bonchev–Trinajstić information content (AvgIpc) is 2.13. The summed E-state index contributed by atoms with van der Waals surface area (Å²) in [7, 11) is 1.48. The molecule has 1 atom stereocenters. The van der Waals surface area contributed by atoms with Crippen LogP contribution in [0.2, 0.25) is 5.02 Å². The van der Waals surface area contributed by atoms with E-state index in [1.165, 1.54) is 25.1 Å². The molecule has 0 aromatic heterocycles. The van der Waals surface area contributed by atoms with Crippen molar-refractivity contribution in [2.75, 3.05) is 0 Å². The molecule has 0 heterocycles. The number of benzene rings is 1. The summed E-state index contributed by atoms with van der Waals surface area (Å²) >= 11 is 5.81. The van der Waals surface area contributed by atoms with E-state index in [2.05, 4.69) is 0 Å². The van der Waals surface area contributed by atoms with Gasteiger partial charge in [0.05, 0.1) is 4.90 Å². The zero-order valence-electron chi connectivity index (χ0n) is 9.81. The maximum Gasteiger partial charge on any atom is 0.302 e. The number of hydrogen-bond acceptors (Lipinski definition) is 4. The number of esters is 1. The Morgan fingerprint density at radius 2 is 2.06 bits per heavy atom. The number of rotatable bonds is 4. The molecule has 1 unspecified atom stereocenters. The summed E-state index contributed by atoms with van der Waals surface area (Å²) in [4.78, 5) is 10.8. The summed E-state index contributed by atoms with van der Waals surface area (Å²) < 4.78 is 27.7. The molecule has 0 fully saturated rings. The van der Waals surface area contributed by atoms with E-state index >= 15 is 0 Å². The van der Waals surface area contributed by atoms with Crippen LogP contribution in [-0.2, 0) is 25.0 Å². The van der Waals surface area contributed by atoms with Crippen LogP contribution in [0, 0.1) is 0 Å². The second-order valence-electron chi connectivity index (χ2n) is 3.81. The smallest absolute Gasteiger partial charge is 0.302 e. The first-order valence-electron chi connectivity index (χ1n) is 5.10. The summed E-state index contributed by atoms with van der Waals surface area (Å²) in [5.41, 5.74) is 0.422. The monoisotopic (exact) mass is 310 g/mol. The van der Waals surface area contributed by atoms with Crippen molar-refractivity contribution in [1.29, 1.82) is 0 Å². The molecule has 0 saturated heterocycles. The molecule has 100 valence electrons. The maximum atomic E-state index is 11.4. The number of ether oxygens (including phenoxy) is 1. The van der Waals surface area contributed by atoms with Crippen molar-refractivity contribution >= 4 is 37.3 Å². The van der Waals surface area contributed by atoms with E-state index in [1.807, 2.05) is 0 Å². The summed E-state index contributed by atoms with van der Waals surface area (Å²) in [6, 6.07) is 4.27. The Bertz CT molecular complexity index is 554. The predicted molar refractivity (Wildman–Crippen MR) is 69.4 cm³/mol. The minimum atomic E-state index is -3.85. The lowest BCUT2D eigenvalue weighted by Gasteiger charge is -2.14. The molecule has 0 spiro atoms. The molecule has 7 heteroatoms. The first kappa shape index (κ1) is 15.3. The normalized spacial score (nSPS) is 13.1. The van der Waals surface area contributed by atoms with Gasteiger partial charge in [0.1, 0.15) is 6.10 Å². The summed E-state index contributed by atoms with van der Waals surface area (Å²) in [5, 5.41) is 0.393. The molecule has 0 saturated carbocycles. The molecule has 0 radical (unpaired) electrons. The highest BCUT2D eigenvalue weighted by Gasteiger charge is 2.18. The third kappa shape index (κ3) is 4.48. The second kappa shape index (κ2) is 5.91. The molecular formula is C11H12Cl2O4S. The van der Waals surface area contributed by atoms with Gasteiger partial charge >= 0.3 is 5.97 Å². The number of carbonyl (C=O) groups excluding carboxylic acids is 1. The van der Waals surface area contributed by atoms with Crippen molar-refractivity contribution < 1.29 is 17.9 Å². The molecule has 0 aliphatic rings. The van der Waals surface area contributed by atoms with Crippen molar-refractivity contribution in [3.05, 3.63) is 28.8 Å². The third-order valence-electron chi connectivity index (χ3n) is 2.16. The van der Waals surface area contributed by atoms with Crippen molar-refractivity contribution in [2.45, 2.75) is 31.3 Å². The first-order chi connectivity index (χ1) is 8.20. The fourth-order valence-electron chi connectivity index (χ4n) is 1.58. The van der Waals surface area contributed by atoms with Crippen LogP contribution in [0.1, 0.15) is 19.4 Å². The van der Waals surface area contributed by atoms with Crippen molar-refractivity contribution in [1.82, 2.24) is 0 Å². The molecule has 1 aromatic rings. The minimum Gasteiger partial charge on any atom is -0.463 e. The molecule has 0 bridgehead atoms. The molecule has 0 amide bonds. The Morgan fingerprint density at radius 1 is 1.44 bits per heavy atom. The van der Waals surface area contributed by atoms with Gasteiger partial charge in [-0.05, 0) is 30.7 Å². The lowest BCUT2D eigenvalue weighted by atomic mass is 10.1. The van der Waals surface area contributed by atoms with E-state index in [-0.39, 0.29) is 11.3 Å². The van der Waals surface area contributed by atoms with Crippen LogP contribution in [0.5, 0.6) is 0 Å². The topological polar surface area (TPSA) is 60.4 Å². The van der Waals surface area contributed by atoms with Gasteiger partial charge in [0.15, 0.2) is 0 Å². The fourth-order valence-corrected chi connectivity index (χ4v) is 2.91. The first-order valence-corrected chi connectivity index (χ1v) is 7.79. The van der Waals surface area contributed by atoms with Gasteiger partial charge in [0.25, 0.3) is 9.05 Å². The number of carbonyl (C=O) groups is 1. The zero-order chi connectivity index (χ0) is 13.9. The van der Waals surface area contributed by atoms with E-state index in [4.69, 9.17) is 27.0 Å². The van der Waals surface area contributed by atoms with Crippen LogP contribution in [-0.4, -0.2) is 20.5 Å². The Labute approximate surface area is 115 Å². The molecular weight excluding hydrogens is 299 g/mol. The Morgan fingerprint density at radius 3 is 2.56 bits per heavy atom. The molecule has 0 N–H and O–H groups in total. The highest BCUT2D eigenvalue weighted by molar-refractivity contribution is 8.13.